The van der Waals surface area contributed by atoms with Crippen molar-refractivity contribution >= 4 is 0 Å². The molecular weight excluding hydrogens is 224 g/mol. The van der Waals surface area contributed by atoms with Crippen molar-refractivity contribution in [3.63, 3.8) is 0 Å². The predicted molar refractivity (Wildman–Crippen MR) is 61.7 cm³/mol. The van der Waals surface area contributed by atoms with Crippen molar-refractivity contribution in [1.82, 2.24) is 4.57 Å². The van der Waals surface area contributed by atoms with E-state index in [2.05, 4.69) is 0 Å². The van der Waals surface area contributed by atoms with Gasteiger partial charge in [0.25, 0.3) is 12.0 Å². The summed E-state index contributed by atoms with van der Waals surface area (Å²) in [5, 5.41) is 0. The zero-order valence-corrected chi connectivity index (χ0v) is 9.23. The van der Waals surface area contributed by atoms with Crippen LogP contribution in [0.25, 0.3) is 5.69 Å². The van der Waals surface area contributed by atoms with Crippen LogP contribution in [-0.4, -0.2) is 4.57 Å². The van der Waals surface area contributed by atoms with Crippen molar-refractivity contribution in [1.29, 1.82) is 0 Å². The first-order valence-electron chi connectivity index (χ1n) is 5.16. The summed E-state index contributed by atoms with van der Waals surface area (Å²) in [5.74, 6) is 0. The Bertz CT molecular complexity index is 573. The molecule has 0 N–H and O–H groups in total. The SMILES string of the molecule is Cc1ccc(-n2ccc(C(F)F)cc2=O)cc1. The van der Waals surface area contributed by atoms with E-state index in [1.807, 2.05) is 19.1 Å². The summed E-state index contributed by atoms with van der Waals surface area (Å²) in [6, 6.07) is 9.50. The quantitative estimate of drug-likeness (QED) is 0.784. The molecule has 2 rings (SSSR count). The van der Waals surface area contributed by atoms with E-state index in [1.54, 1.807) is 12.1 Å². The zero-order chi connectivity index (χ0) is 12.4. The molecule has 0 aliphatic rings. The first-order valence-corrected chi connectivity index (χ1v) is 5.16. The number of hydrogen-bond donors (Lipinski definition) is 0. The molecule has 0 saturated carbocycles. The van der Waals surface area contributed by atoms with Gasteiger partial charge in [-0.1, -0.05) is 17.7 Å². The molecule has 2 aromatic rings. The van der Waals surface area contributed by atoms with E-state index >= 15 is 0 Å². The van der Waals surface area contributed by atoms with Gasteiger partial charge in [0.1, 0.15) is 0 Å². The molecule has 88 valence electrons. The first-order chi connectivity index (χ1) is 8.08. The van der Waals surface area contributed by atoms with Gasteiger partial charge in [-0.2, -0.15) is 0 Å². The molecule has 0 spiro atoms. The van der Waals surface area contributed by atoms with Gasteiger partial charge >= 0.3 is 0 Å². The first kappa shape index (κ1) is 11.5. The molecular formula is C13H11F2NO. The Morgan fingerprint density at radius 3 is 2.29 bits per heavy atom. The maximum atomic E-state index is 12.4. The van der Waals surface area contributed by atoms with Crippen molar-refractivity contribution in [2.75, 3.05) is 0 Å². The molecule has 0 saturated heterocycles. The number of nitrogens with zero attached hydrogens (tertiary/aromatic N) is 1. The molecule has 4 heteroatoms. The molecule has 0 amide bonds. The van der Waals surface area contributed by atoms with E-state index in [4.69, 9.17) is 0 Å². The van der Waals surface area contributed by atoms with Crippen LogP contribution in [0.4, 0.5) is 8.78 Å². The molecule has 0 atom stereocenters. The molecule has 0 aliphatic carbocycles. The molecule has 2 nitrogen and oxygen atoms in total. The molecule has 1 heterocycles. The third kappa shape index (κ3) is 2.41. The van der Waals surface area contributed by atoms with Gasteiger partial charge in [-0.25, -0.2) is 8.78 Å². The van der Waals surface area contributed by atoms with E-state index in [0.29, 0.717) is 5.69 Å². The number of benzene rings is 1. The van der Waals surface area contributed by atoms with E-state index in [-0.39, 0.29) is 5.56 Å². The normalized spacial score (nSPS) is 10.8. The van der Waals surface area contributed by atoms with Crippen molar-refractivity contribution in [3.8, 4) is 5.69 Å². The lowest BCUT2D eigenvalue weighted by molar-refractivity contribution is 0.151. The molecule has 0 aliphatic heterocycles. The Kier molecular flexibility index (Phi) is 3.04. The summed E-state index contributed by atoms with van der Waals surface area (Å²) in [5.41, 5.74) is 1.04. The van der Waals surface area contributed by atoms with Crippen molar-refractivity contribution < 1.29 is 8.78 Å². The van der Waals surface area contributed by atoms with Gasteiger partial charge in [0.05, 0.1) is 0 Å². The van der Waals surface area contributed by atoms with Gasteiger partial charge in [-0.15, -0.1) is 0 Å². The van der Waals surface area contributed by atoms with Crippen LogP contribution < -0.4 is 5.56 Å². The minimum atomic E-state index is -2.62. The maximum absolute atomic E-state index is 12.4. The van der Waals surface area contributed by atoms with Gasteiger partial charge in [-0.05, 0) is 25.1 Å². The van der Waals surface area contributed by atoms with Crippen LogP contribution in [-0.2, 0) is 0 Å². The van der Waals surface area contributed by atoms with Crippen molar-refractivity contribution in [2.24, 2.45) is 0 Å². The third-order valence-corrected chi connectivity index (χ3v) is 2.51. The topological polar surface area (TPSA) is 22.0 Å². The second-order valence-corrected chi connectivity index (χ2v) is 3.80. The summed E-state index contributed by atoms with van der Waals surface area (Å²) in [4.78, 5) is 11.7. The van der Waals surface area contributed by atoms with Gasteiger partial charge in [0.2, 0.25) is 0 Å². The third-order valence-electron chi connectivity index (χ3n) is 2.51. The molecule has 0 bridgehead atoms. The average Bonchev–Trinajstić information content (AvgIpc) is 2.30. The van der Waals surface area contributed by atoms with Crippen molar-refractivity contribution in [3.05, 3.63) is 64.1 Å². The largest absolute Gasteiger partial charge is 0.284 e. The number of alkyl halides is 2. The molecule has 0 unspecified atom stereocenters. The van der Waals surface area contributed by atoms with Crippen LogP contribution in [0.2, 0.25) is 0 Å². The number of rotatable bonds is 2. The number of aromatic nitrogens is 1. The predicted octanol–water partition coefficient (Wildman–Crippen LogP) is 3.08. The van der Waals surface area contributed by atoms with Crippen LogP contribution in [0.15, 0.2) is 47.4 Å². The highest BCUT2D eigenvalue weighted by molar-refractivity contribution is 5.35. The fourth-order valence-electron chi connectivity index (χ4n) is 1.55. The smallest absolute Gasteiger partial charge is 0.264 e. The van der Waals surface area contributed by atoms with E-state index < -0.39 is 12.0 Å². The van der Waals surface area contributed by atoms with Gasteiger partial charge < -0.3 is 0 Å². The highest BCUT2D eigenvalue weighted by Crippen LogP contribution is 2.16. The molecule has 1 aromatic heterocycles. The highest BCUT2D eigenvalue weighted by Gasteiger charge is 2.08. The average molecular weight is 235 g/mol. The van der Waals surface area contributed by atoms with E-state index in [1.165, 1.54) is 16.8 Å². The Morgan fingerprint density at radius 1 is 1.12 bits per heavy atom. The Hall–Kier alpha value is -1.97. The second kappa shape index (κ2) is 4.49. The summed E-state index contributed by atoms with van der Waals surface area (Å²) < 4.78 is 26.1. The summed E-state index contributed by atoms with van der Waals surface area (Å²) >= 11 is 0. The molecule has 1 aromatic carbocycles. The monoisotopic (exact) mass is 235 g/mol. The summed E-state index contributed by atoms with van der Waals surface area (Å²) in [7, 11) is 0. The highest BCUT2D eigenvalue weighted by atomic mass is 19.3. The minimum Gasteiger partial charge on any atom is -0.284 e. The molecule has 17 heavy (non-hydrogen) atoms. The lowest BCUT2D eigenvalue weighted by Crippen LogP contribution is -2.17. The van der Waals surface area contributed by atoms with Crippen LogP contribution in [0.1, 0.15) is 17.6 Å². The second-order valence-electron chi connectivity index (χ2n) is 3.80. The number of pyridine rings is 1. The Labute approximate surface area is 97.1 Å². The number of aryl methyl sites for hydroxylation is 1. The Morgan fingerprint density at radius 2 is 1.76 bits per heavy atom. The van der Waals surface area contributed by atoms with Gasteiger partial charge in [0, 0.05) is 23.5 Å². The maximum Gasteiger partial charge on any atom is 0.264 e. The molecule has 0 radical (unpaired) electrons. The standard InChI is InChI=1S/C13H11F2NO/c1-9-2-4-11(5-3-9)16-7-6-10(13(14)15)8-12(16)17/h2-8,13H,1H3. The van der Waals surface area contributed by atoms with Gasteiger partial charge in [-0.3, -0.25) is 9.36 Å². The van der Waals surface area contributed by atoms with Crippen LogP contribution in [0.5, 0.6) is 0 Å². The van der Waals surface area contributed by atoms with Crippen LogP contribution >= 0.6 is 0 Å². The van der Waals surface area contributed by atoms with Crippen LogP contribution in [0, 0.1) is 6.92 Å². The lowest BCUT2D eigenvalue weighted by Gasteiger charge is -2.07. The fraction of sp³-hybridized carbons (Fsp3) is 0.154. The van der Waals surface area contributed by atoms with Crippen molar-refractivity contribution in [2.45, 2.75) is 13.3 Å². The Balaban J connectivity index is 2.47. The molecule has 0 fully saturated rings. The summed E-state index contributed by atoms with van der Waals surface area (Å²) in [6.45, 7) is 1.94. The van der Waals surface area contributed by atoms with Gasteiger partial charge in [0.15, 0.2) is 0 Å². The van der Waals surface area contributed by atoms with E-state index in [9.17, 15) is 13.6 Å². The minimum absolute atomic E-state index is 0.252. The van der Waals surface area contributed by atoms with E-state index in [0.717, 1.165) is 11.6 Å². The summed E-state index contributed by atoms with van der Waals surface area (Å²) in [6.07, 6.45) is -1.25. The van der Waals surface area contributed by atoms with Crippen LogP contribution in [0.3, 0.4) is 0 Å². The zero-order valence-electron chi connectivity index (χ0n) is 9.23. The number of hydrogen-bond acceptors (Lipinski definition) is 1. The fourth-order valence-corrected chi connectivity index (χ4v) is 1.55. The number of halogens is 2. The lowest BCUT2D eigenvalue weighted by atomic mass is 10.2.